The van der Waals surface area contributed by atoms with Gasteiger partial charge in [0.25, 0.3) is 0 Å². The molecule has 0 amide bonds. The quantitative estimate of drug-likeness (QED) is 0.411. The average Bonchev–Trinajstić information content (AvgIpc) is 3.56. The van der Waals surface area contributed by atoms with Crippen molar-refractivity contribution in [1.82, 2.24) is 9.29 Å². The van der Waals surface area contributed by atoms with Crippen molar-refractivity contribution in [3.05, 3.63) is 47.7 Å². The van der Waals surface area contributed by atoms with E-state index in [1.165, 1.54) is 25.4 Å². The SMILES string of the molecule is CCOC(=O)CCc1ccc(-c2cc(C(F)(F)F)cc(S(=O)(=O)N(C)C[C@H]3CO3)c2)nc1. The summed E-state index contributed by atoms with van der Waals surface area (Å²) in [5, 5.41) is 0. The number of alkyl halides is 3. The minimum atomic E-state index is -4.74. The maximum absolute atomic E-state index is 13.5. The smallest absolute Gasteiger partial charge is 0.416 e. The Labute approximate surface area is 184 Å². The lowest BCUT2D eigenvalue weighted by Crippen LogP contribution is -2.30. The van der Waals surface area contributed by atoms with Gasteiger partial charge >= 0.3 is 12.1 Å². The molecule has 2 aromatic rings. The Morgan fingerprint density at radius 1 is 1.28 bits per heavy atom. The number of rotatable bonds is 9. The fraction of sp³-hybridized carbons (Fsp3) is 0.429. The highest BCUT2D eigenvalue weighted by Crippen LogP contribution is 2.35. The van der Waals surface area contributed by atoms with Gasteiger partial charge in [-0.1, -0.05) is 6.07 Å². The monoisotopic (exact) mass is 472 g/mol. The standard InChI is InChI=1S/C21H23F3N2O5S/c1-3-30-20(27)7-5-14-4-6-19(25-11-14)15-8-16(21(22,23)24)10-18(9-15)32(28,29)26(2)12-17-13-31-17/h4,6,8-11,17H,3,5,7,12-13H2,1-2H3/t17-/m0/s1. The molecule has 174 valence electrons. The molecule has 0 unspecified atom stereocenters. The van der Waals surface area contributed by atoms with E-state index in [9.17, 15) is 26.4 Å². The molecule has 11 heteroatoms. The van der Waals surface area contributed by atoms with Crippen molar-refractivity contribution in [2.24, 2.45) is 0 Å². The van der Waals surface area contributed by atoms with Gasteiger partial charge in [-0.15, -0.1) is 0 Å². The van der Waals surface area contributed by atoms with Crippen LogP contribution in [0.5, 0.6) is 0 Å². The number of likely N-dealkylation sites (N-methyl/N-ethyl adjacent to an activating group) is 1. The predicted molar refractivity (Wildman–Crippen MR) is 109 cm³/mol. The molecule has 0 aliphatic carbocycles. The van der Waals surface area contributed by atoms with Crippen molar-refractivity contribution in [3.8, 4) is 11.3 Å². The van der Waals surface area contributed by atoms with Crippen LogP contribution in [-0.2, 0) is 36.9 Å². The zero-order valence-electron chi connectivity index (χ0n) is 17.6. The van der Waals surface area contributed by atoms with Crippen molar-refractivity contribution < 1.29 is 35.9 Å². The van der Waals surface area contributed by atoms with Gasteiger partial charge in [0.1, 0.15) is 0 Å². The molecule has 0 radical (unpaired) electrons. The maximum atomic E-state index is 13.5. The van der Waals surface area contributed by atoms with Gasteiger partial charge in [-0.25, -0.2) is 8.42 Å². The molecule has 1 aliphatic rings. The van der Waals surface area contributed by atoms with Crippen LogP contribution in [0.3, 0.4) is 0 Å². The summed E-state index contributed by atoms with van der Waals surface area (Å²) in [4.78, 5) is 15.2. The van der Waals surface area contributed by atoms with E-state index in [1.807, 2.05) is 0 Å². The highest BCUT2D eigenvalue weighted by Gasteiger charge is 2.35. The number of esters is 1. The molecule has 1 aliphatic heterocycles. The number of halogens is 3. The van der Waals surface area contributed by atoms with Crippen LogP contribution in [0.2, 0.25) is 0 Å². The molecule has 2 heterocycles. The zero-order chi connectivity index (χ0) is 23.5. The van der Waals surface area contributed by atoms with Gasteiger partial charge in [-0.05, 0) is 43.2 Å². The van der Waals surface area contributed by atoms with E-state index in [2.05, 4.69) is 4.98 Å². The highest BCUT2D eigenvalue weighted by atomic mass is 32.2. The van der Waals surface area contributed by atoms with Crippen LogP contribution in [0.25, 0.3) is 11.3 Å². The molecular weight excluding hydrogens is 449 g/mol. The van der Waals surface area contributed by atoms with Crippen LogP contribution in [-0.4, -0.2) is 56.6 Å². The number of aryl methyl sites for hydroxylation is 1. The van der Waals surface area contributed by atoms with E-state index >= 15 is 0 Å². The summed E-state index contributed by atoms with van der Waals surface area (Å²) < 4.78 is 77.0. The molecule has 7 nitrogen and oxygen atoms in total. The van der Waals surface area contributed by atoms with E-state index in [-0.39, 0.29) is 42.9 Å². The van der Waals surface area contributed by atoms with Crippen molar-refractivity contribution in [1.29, 1.82) is 0 Å². The van der Waals surface area contributed by atoms with Gasteiger partial charge < -0.3 is 9.47 Å². The highest BCUT2D eigenvalue weighted by molar-refractivity contribution is 7.89. The maximum Gasteiger partial charge on any atom is 0.416 e. The molecule has 0 N–H and O–H groups in total. The number of hydrogen-bond acceptors (Lipinski definition) is 6. The van der Waals surface area contributed by atoms with Crippen LogP contribution < -0.4 is 0 Å². The molecule has 32 heavy (non-hydrogen) atoms. The Bertz CT molecular complexity index is 1070. The van der Waals surface area contributed by atoms with Crippen molar-refractivity contribution >= 4 is 16.0 Å². The lowest BCUT2D eigenvalue weighted by atomic mass is 10.1. The molecule has 1 atom stereocenters. The molecule has 3 rings (SSSR count). The number of ether oxygens (including phenoxy) is 2. The Kier molecular flexibility index (Phi) is 7.21. The van der Waals surface area contributed by atoms with Crippen molar-refractivity contribution in [2.45, 2.75) is 36.9 Å². The normalized spacial score (nSPS) is 16.2. The zero-order valence-corrected chi connectivity index (χ0v) is 18.4. The summed E-state index contributed by atoms with van der Waals surface area (Å²) in [6.45, 7) is 2.45. The van der Waals surface area contributed by atoms with E-state index in [0.717, 1.165) is 10.4 Å². The number of hydrogen-bond donors (Lipinski definition) is 0. The Balaban J connectivity index is 1.90. The molecule has 1 saturated heterocycles. The number of benzene rings is 1. The first-order valence-corrected chi connectivity index (χ1v) is 11.4. The third-order valence-electron chi connectivity index (χ3n) is 4.85. The van der Waals surface area contributed by atoms with Crippen molar-refractivity contribution in [3.63, 3.8) is 0 Å². The van der Waals surface area contributed by atoms with Gasteiger partial charge in [-0.2, -0.15) is 17.5 Å². The lowest BCUT2D eigenvalue weighted by molar-refractivity contribution is -0.143. The molecular formula is C21H23F3N2O5S. The van der Waals surface area contributed by atoms with Gasteiger partial charge in [-0.3, -0.25) is 9.78 Å². The lowest BCUT2D eigenvalue weighted by Gasteiger charge is -2.18. The van der Waals surface area contributed by atoms with Crippen LogP contribution in [0.15, 0.2) is 41.4 Å². The number of pyridine rings is 1. The second-order valence-electron chi connectivity index (χ2n) is 7.34. The van der Waals surface area contributed by atoms with Gasteiger partial charge in [0, 0.05) is 31.8 Å². The van der Waals surface area contributed by atoms with Crippen LogP contribution in [0.1, 0.15) is 24.5 Å². The number of epoxide rings is 1. The Morgan fingerprint density at radius 3 is 2.56 bits per heavy atom. The Morgan fingerprint density at radius 2 is 2.00 bits per heavy atom. The minimum absolute atomic E-state index is 0.0198. The first-order valence-electron chi connectivity index (χ1n) is 9.92. The fourth-order valence-corrected chi connectivity index (χ4v) is 4.29. The number of aromatic nitrogens is 1. The Hall–Kier alpha value is -2.50. The fourth-order valence-electron chi connectivity index (χ4n) is 3.02. The van der Waals surface area contributed by atoms with Gasteiger partial charge in [0.2, 0.25) is 10.0 Å². The number of carbonyl (C=O) groups excluding carboxylic acids is 1. The van der Waals surface area contributed by atoms with Gasteiger partial charge in [0.05, 0.1) is 35.5 Å². The van der Waals surface area contributed by atoms with Crippen LogP contribution in [0.4, 0.5) is 13.2 Å². The summed E-state index contributed by atoms with van der Waals surface area (Å²) >= 11 is 0. The summed E-state index contributed by atoms with van der Waals surface area (Å²) in [5.74, 6) is -0.356. The average molecular weight is 472 g/mol. The largest absolute Gasteiger partial charge is 0.466 e. The second kappa shape index (κ2) is 9.55. The summed E-state index contributed by atoms with van der Waals surface area (Å²) in [6, 6.07) is 5.79. The summed E-state index contributed by atoms with van der Waals surface area (Å²) in [6.07, 6.45) is -3.03. The molecule has 1 fully saturated rings. The van der Waals surface area contributed by atoms with Gasteiger partial charge in [0.15, 0.2) is 0 Å². The van der Waals surface area contributed by atoms with Crippen LogP contribution in [0, 0.1) is 0 Å². The summed E-state index contributed by atoms with van der Waals surface area (Å²) in [7, 11) is -2.87. The predicted octanol–water partition coefficient (Wildman–Crippen LogP) is 3.28. The molecule has 0 bridgehead atoms. The van der Waals surface area contributed by atoms with E-state index in [4.69, 9.17) is 9.47 Å². The number of carbonyl (C=O) groups is 1. The summed E-state index contributed by atoms with van der Waals surface area (Å²) in [5.41, 5.74) is -0.185. The molecule has 0 spiro atoms. The minimum Gasteiger partial charge on any atom is -0.466 e. The van der Waals surface area contributed by atoms with E-state index in [1.54, 1.807) is 13.0 Å². The van der Waals surface area contributed by atoms with E-state index < -0.39 is 26.7 Å². The number of nitrogens with zero attached hydrogens (tertiary/aromatic N) is 2. The van der Waals surface area contributed by atoms with Crippen molar-refractivity contribution in [2.75, 3.05) is 26.8 Å². The third-order valence-corrected chi connectivity index (χ3v) is 6.65. The molecule has 0 saturated carbocycles. The number of sulfonamides is 1. The first kappa shape index (κ1) is 24.1. The second-order valence-corrected chi connectivity index (χ2v) is 9.39. The third kappa shape index (κ3) is 6.05. The topological polar surface area (TPSA) is 89.1 Å². The molecule has 1 aromatic heterocycles. The van der Waals surface area contributed by atoms with Crippen LogP contribution >= 0.6 is 0 Å². The first-order chi connectivity index (χ1) is 15.0. The van der Waals surface area contributed by atoms with E-state index in [0.29, 0.717) is 24.7 Å². The molecule has 1 aromatic carbocycles.